The second-order valence-corrected chi connectivity index (χ2v) is 6.41. The molecule has 1 amide bonds. The Morgan fingerprint density at radius 2 is 2.10 bits per heavy atom. The molecule has 0 unspecified atom stereocenters. The van der Waals surface area contributed by atoms with Crippen LogP contribution in [0.2, 0.25) is 0 Å². The lowest BCUT2D eigenvalue weighted by Gasteiger charge is -2.06. The number of nitrogens with zero attached hydrogens (tertiary/aromatic N) is 2. The van der Waals surface area contributed by atoms with Crippen molar-refractivity contribution >= 4 is 28.8 Å². The number of ether oxygens (including phenoxy) is 1. The van der Waals surface area contributed by atoms with E-state index in [1.165, 1.54) is 35.0 Å². The van der Waals surface area contributed by atoms with Crippen LogP contribution in [0.1, 0.15) is 5.56 Å². The summed E-state index contributed by atoms with van der Waals surface area (Å²) in [7, 11) is 1.60. The van der Waals surface area contributed by atoms with Gasteiger partial charge >= 0.3 is 5.76 Å². The van der Waals surface area contributed by atoms with Crippen LogP contribution in [0.5, 0.6) is 11.5 Å². The minimum Gasteiger partial charge on any atom is -0.453 e. The molecule has 30 heavy (non-hydrogen) atoms. The van der Waals surface area contributed by atoms with Crippen LogP contribution in [0.25, 0.3) is 17.2 Å². The van der Waals surface area contributed by atoms with E-state index >= 15 is 0 Å². The molecule has 7 nitrogen and oxygen atoms in total. The van der Waals surface area contributed by atoms with Gasteiger partial charge in [0.1, 0.15) is 5.75 Å². The number of oxazole rings is 1. The van der Waals surface area contributed by atoms with Crippen LogP contribution in [0.4, 0.5) is 10.1 Å². The number of carbonyl (C=O) groups excluding carboxylic acids is 1. The molecule has 8 heteroatoms. The van der Waals surface area contributed by atoms with E-state index in [1.807, 2.05) is 0 Å². The van der Waals surface area contributed by atoms with E-state index in [0.717, 1.165) is 0 Å². The number of anilines is 1. The van der Waals surface area contributed by atoms with Gasteiger partial charge in [0.15, 0.2) is 17.1 Å². The highest BCUT2D eigenvalue weighted by atomic mass is 19.1. The van der Waals surface area contributed by atoms with Gasteiger partial charge in [-0.2, -0.15) is 0 Å². The molecule has 4 aromatic rings. The summed E-state index contributed by atoms with van der Waals surface area (Å²) in [6.07, 6.45) is 5.83. The number of halogens is 1. The molecule has 1 N–H and O–H groups in total. The molecule has 0 saturated heterocycles. The number of rotatable bonds is 5. The number of hydrogen-bond donors (Lipinski definition) is 1. The maximum atomic E-state index is 14.3. The van der Waals surface area contributed by atoms with E-state index < -0.39 is 17.5 Å². The fourth-order valence-corrected chi connectivity index (χ4v) is 2.81. The molecule has 0 radical (unpaired) electrons. The molecule has 2 aromatic heterocycles. The van der Waals surface area contributed by atoms with Gasteiger partial charge < -0.3 is 14.5 Å². The topological polar surface area (TPSA) is 86.4 Å². The van der Waals surface area contributed by atoms with E-state index in [9.17, 15) is 14.0 Å². The van der Waals surface area contributed by atoms with E-state index in [4.69, 9.17) is 9.15 Å². The van der Waals surface area contributed by atoms with Gasteiger partial charge in [-0.15, -0.1) is 0 Å². The van der Waals surface area contributed by atoms with Crippen LogP contribution >= 0.6 is 0 Å². The number of aryl methyl sites for hydroxylation is 1. The van der Waals surface area contributed by atoms with Crippen molar-refractivity contribution in [3.05, 3.63) is 88.9 Å². The lowest BCUT2D eigenvalue weighted by Crippen LogP contribution is -2.08. The average Bonchev–Trinajstić information content (AvgIpc) is 3.02. The maximum absolute atomic E-state index is 14.3. The van der Waals surface area contributed by atoms with E-state index in [-0.39, 0.29) is 5.75 Å². The summed E-state index contributed by atoms with van der Waals surface area (Å²) < 4.78 is 26.2. The van der Waals surface area contributed by atoms with Crippen molar-refractivity contribution in [2.45, 2.75) is 0 Å². The lowest BCUT2D eigenvalue weighted by molar-refractivity contribution is -0.111. The Balaban J connectivity index is 1.43. The lowest BCUT2D eigenvalue weighted by atomic mass is 10.2. The number of carbonyl (C=O) groups is 1. The fourth-order valence-electron chi connectivity index (χ4n) is 2.81. The van der Waals surface area contributed by atoms with Crippen molar-refractivity contribution in [2.24, 2.45) is 7.05 Å². The SMILES string of the molecule is Cn1c(=O)oc2cc(NC(=O)C=Cc3ccc(Oc4cccnc4)c(F)c3)ccc21. The Kier molecular flexibility index (Phi) is 5.13. The molecule has 0 aliphatic heterocycles. The first kappa shape index (κ1) is 19.1. The highest BCUT2D eigenvalue weighted by Gasteiger charge is 2.08. The molecule has 0 aliphatic rings. The summed E-state index contributed by atoms with van der Waals surface area (Å²) in [6.45, 7) is 0. The molecule has 2 heterocycles. The van der Waals surface area contributed by atoms with Crippen molar-refractivity contribution in [2.75, 3.05) is 5.32 Å². The molecule has 4 rings (SSSR count). The first-order valence-electron chi connectivity index (χ1n) is 8.96. The molecule has 150 valence electrons. The Morgan fingerprint density at radius 3 is 2.87 bits per heavy atom. The molecule has 0 fully saturated rings. The molecule has 0 bridgehead atoms. The number of amides is 1. The third-order valence-corrected chi connectivity index (χ3v) is 4.31. The van der Waals surface area contributed by atoms with E-state index in [0.29, 0.717) is 28.1 Å². The van der Waals surface area contributed by atoms with Crippen LogP contribution < -0.4 is 15.8 Å². The Bertz CT molecular complexity index is 1310. The van der Waals surface area contributed by atoms with Gasteiger partial charge in [0.25, 0.3) is 0 Å². The average molecular weight is 405 g/mol. The molecule has 0 atom stereocenters. The standard InChI is InChI=1S/C22H16FN3O4/c1-26-18-7-6-15(12-20(18)30-22(26)28)25-21(27)9-5-14-4-8-19(17(23)11-14)29-16-3-2-10-24-13-16/h2-13H,1H3,(H,25,27). The predicted octanol–water partition coefficient (Wildman–Crippen LogP) is 4.11. The minimum atomic E-state index is -0.564. The molecule has 0 saturated carbocycles. The Labute approximate surface area is 170 Å². The third-order valence-electron chi connectivity index (χ3n) is 4.31. The smallest absolute Gasteiger partial charge is 0.419 e. The summed E-state index contributed by atoms with van der Waals surface area (Å²) in [6, 6.07) is 12.6. The first-order chi connectivity index (χ1) is 14.5. The first-order valence-corrected chi connectivity index (χ1v) is 8.96. The monoisotopic (exact) mass is 405 g/mol. The number of pyridine rings is 1. The van der Waals surface area contributed by atoms with Gasteiger partial charge in [0.05, 0.1) is 11.7 Å². The summed E-state index contributed by atoms with van der Waals surface area (Å²) in [4.78, 5) is 27.6. The van der Waals surface area contributed by atoms with Crippen molar-refractivity contribution in [1.82, 2.24) is 9.55 Å². The zero-order chi connectivity index (χ0) is 21.1. The van der Waals surface area contributed by atoms with Crippen molar-refractivity contribution in [3.63, 3.8) is 0 Å². The summed E-state index contributed by atoms with van der Waals surface area (Å²) in [5, 5.41) is 2.67. The van der Waals surface area contributed by atoms with E-state index in [1.54, 1.807) is 49.6 Å². The Morgan fingerprint density at radius 1 is 1.23 bits per heavy atom. The van der Waals surface area contributed by atoms with E-state index in [2.05, 4.69) is 10.3 Å². The highest BCUT2D eigenvalue weighted by Crippen LogP contribution is 2.25. The van der Waals surface area contributed by atoms with Crippen LogP contribution in [-0.2, 0) is 11.8 Å². The van der Waals surface area contributed by atoms with Crippen molar-refractivity contribution < 1.29 is 18.3 Å². The largest absolute Gasteiger partial charge is 0.453 e. The van der Waals surface area contributed by atoms with Crippen LogP contribution in [0, 0.1) is 5.82 Å². The van der Waals surface area contributed by atoms with Crippen molar-refractivity contribution in [1.29, 1.82) is 0 Å². The maximum Gasteiger partial charge on any atom is 0.419 e. The van der Waals surface area contributed by atoms with Gasteiger partial charge in [0, 0.05) is 31.1 Å². The van der Waals surface area contributed by atoms with Gasteiger partial charge in [0.2, 0.25) is 5.91 Å². The molecular weight excluding hydrogens is 389 g/mol. The third kappa shape index (κ3) is 4.12. The molecule has 0 spiro atoms. The number of hydrogen-bond acceptors (Lipinski definition) is 5. The van der Waals surface area contributed by atoms with Gasteiger partial charge in [-0.1, -0.05) is 6.07 Å². The summed E-state index contributed by atoms with van der Waals surface area (Å²) in [5.74, 6) is -0.978. The van der Waals surface area contributed by atoms with Gasteiger partial charge in [-0.05, 0) is 48.0 Å². The number of aromatic nitrogens is 2. The Hall–Kier alpha value is -4.20. The number of nitrogens with one attached hydrogen (secondary N) is 1. The second kappa shape index (κ2) is 8.04. The zero-order valence-electron chi connectivity index (χ0n) is 15.8. The summed E-state index contributed by atoms with van der Waals surface area (Å²) >= 11 is 0. The predicted molar refractivity (Wildman–Crippen MR) is 110 cm³/mol. The highest BCUT2D eigenvalue weighted by molar-refractivity contribution is 6.02. The normalized spacial score (nSPS) is 11.1. The summed E-state index contributed by atoms with van der Waals surface area (Å²) in [5.41, 5.74) is 1.96. The molecular formula is C22H16FN3O4. The second-order valence-electron chi connectivity index (χ2n) is 6.41. The van der Waals surface area contributed by atoms with Crippen molar-refractivity contribution in [3.8, 4) is 11.5 Å². The van der Waals surface area contributed by atoms with Crippen LogP contribution in [0.3, 0.4) is 0 Å². The fraction of sp³-hybridized carbons (Fsp3) is 0.0455. The van der Waals surface area contributed by atoms with Crippen LogP contribution in [0.15, 0.2) is 76.2 Å². The van der Waals surface area contributed by atoms with Crippen LogP contribution in [-0.4, -0.2) is 15.5 Å². The zero-order valence-corrected chi connectivity index (χ0v) is 15.8. The molecule has 0 aliphatic carbocycles. The van der Waals surface area contributed by atoms with Gasteiger partial charge in [-0.25, -0.2) is 9.18 Å². The van der Waals surface area contributed by atoms with Gasteiger partial charge in [-0.3, -0.25) is 14.3 Å². The number of fused-ring (bicyclic) bond motifs is 1. The number of benzene rings is 2. The minimum absolute atomic E-state index is 0.0576. The quantitative estimate of drug-likeness (QED) is 0.505. The molecule has 2 aromatic carbocycles.